The van der Waals surface area contributed by atoms with E-state index >= 15 is 0 Å². The normalized spacial score (nSPS) is 14.3. The number of rotatable bonds is 10. The minimum Gasteiger partial charge on any atom is -0.490 e. The van der Waals surface area contributed by atoms with Crippen molar-refractivity contribution >= 4 is 29.4 Å². The summed E-state index contributed by atoms with van der Waals surface area (Å²) in [7, 11) is 1.31. The lowest BCUT2D eigenvalue weighted by molar-refractivity contribution is -0.143. The molecule has 49 heavy (non-hydrogen) atoms. The maximum absolute atomic E-state index is 14.4. The highest BCUT2D eigenvalue weighted by molar-refractivity contribution is 7.07. The quantitative estimate of drug-likeness (QED) is 0.144. The van der Waals surface area contributed by atoms with Gasteiger partial charge in [0, 0.05) is 17.3 Å². The van der Waals surface area contributed by atoms with Crippen molar-refractivity contribution in [3.8, 4) is 22.7 Å². The van der Waals surface area contributed by atoms with Crippen molar-refractivity contribution in [2.24, 2.45) is 4.99 Å². The summed E-state index contributed by atoms with van der Waals surface area (Å²) in [6, 6.07) is 23.1. The fraction of sp³-hybridized carbons (Fsp3) is 0.184. The van der Waals surface area contributed by atoms with E-state index in [0.29, 0.717) is 49.8 Å². The van der Waals surface area contributed by atoms with Crippen LogP contribution in [0.4, 0.5) is 0 Å². The highest BCUT2D eigenvalue weighted by atomic mass is 32.1. The average molecular weight is 675 g/mol. The van der Waals surface area contributed by atoms with Crippen molar-refractivity contribution in [2.75, 3.05) is 13.7 Å². The Kier molecular flexibility index (Phi) is 9.54. The van der Waals surface area contributed by atoms with E-state index < -0.39 is 18.0 Å². The number of thiazole rings is 1. The summed E-state index contributed by atoms with van der Waals surface area (Å²) in [5, 5.41) is 4.91. The molecule has 0 spiro atoms. The predicted molar refractivity (Wildman–Crippen MR) is 187 cm³/mol. The molecule has 1 aliphatic heterocycles. The van der Waals surface area contributed by atoms with Crippen molar-refractivity contribution in [1.29, 1.82) is 0 Å². The van der Waals surface area contributed by atoms with Crippen LogP contribution in [0.2, 0.25) is 0 Å². The first-order chi connectivity index (χ1) is 23.7. The van der Waals surface area contributed by atoms with E-state index in [0.717, 1.165) is 11.3 Å². The van der Waals surface area contributed by atoms with E-state index in [1.807, 2.05) is 60.8 Å². The number of benzene rings is 3. The highest BCUT2D eigenvalue weighted by Crippen LogP contribution is 2.32. The minimum absolute atomic E-state index is 0.245. The summed E-state index contributed by atoms with van der Waals surface area (Å²) < 4.78 is 19.8. The van der Waals surface area contributed by atoms with Gasteiger partial charge in [0.2, 0.25) is 0 Å². The molecule has 0 saturated heterocycles. The molecule has 6 rings (SSSR count). The van der Waals surface area contributed by atoms with Gasteiger partial charge in [-0.3, -0.25) is 9.36 Å². The number of methoxy groups -OCH3 is 1. The number of allylic oxidation sites excluding steroid dienone is 1. The van der Waals surface area contributed by atoms with Gasteiger partial charge in [-0.2, -0.15) is 5.10 Å². The number of hydrogen-bond acceptors (Lipinski definition) is 9. The second-order valence-electron chi connectivity index (χ2n) is 11.5. The molecule has 3 heterocycles. The van der Waals surface area contributed by atoms with E-state index in [1.165, 1.54) is 23.0 Å². The Morgan fingerprint density at radius 1 is 1.00 bits per heavy atom. The van der Waals surface area contributed by atoms with E-state index in [9.17, 15) is 14.4 Å². The molecule has 1 atom stereocenters. The number of carbonyl (C=O) groups excluding carboxylic acids is 2. The van der Waals surface area contributed by atoms with Crippen molar-refractivity contribution in [2.45, 2.75) is 32.9 Å². The van der Waals surface area contributed by atoms with Crippen LogP contribution in [0.3, 0.4) is 0 Å². The zero-order valence-corrected chi connectivity index (χ0v) is 28.3. The molecule has 1 unspecified atom stereocenters. The summed E-state index contributed by atoms with van der Waals surface area (Å²) in [5.41, 5.74) is 4.37. The van der Waals surface area contributed by atoms with Crippen molar-refractivity contribution in [3.63, 3.8) is 0 Å². The lowest BCUT2D eigenvalue weighted by atomic mass is 9.95. The number of carbonyl (C=O) groups is 2. The first-order valence-corrected chi connectivity index (χ1v) is 16.4. The number of nitrogens with zero attached hydrogens (tertiary/aromatic N) is 4. The second kappa shape index (κ2) is 14.1. The monoisotopic (exact) mass is 674 g/mol. The van der Waals surface area contributed by atoms with E-state index in [-0.39, 0.29) is 17.2 Å². The van der Waals surface area contributed by atoms with Crippen LogP contribution in [0.15, 0.2) is 119 Å². The minimum atomic E-state index is -0.842. The SMILES string of the molecule is C=CCOc1ccc(-c2nn(-c3ccccc3)cc2C=c2sc3n(c2=O)C(c2ccc(C(=O)OC)cc2)C(C(=O)OC(C)C)=C(C)N=3)cc1. The third kappa shape index (κ3) is 6.79. The smallest absolute Gasteiger partial charge is 0.338 e. The largest absolute Gasteiger partial charge is 0.490 e. The molecule has 0 bridgehead atoms. The first-order valence-electron chi connectivity index (χ1n) is 15.6. The fourth-order valence-corrected chi connectivity index (χ4v) is 6.57. The van der Waals surface area contributed by atoms with E-state index in [4.69, 9.17) is 24.3 Å². The van der Waals surface area contributed by atoms with Crippen molar-refractivity contribution < 1.29 is 23.8 Å². The van der Waals surface area contributed by atoms with Gasteiger partial charge in [0.15, 0.2) is 4.80 Å². The molecule has 11 heteroatoms. The topological polar surface area (TPSA) is 114 Å². The maximum atomic E-state index is 14.4. The molecule has 0 fully saturated rings. The molecule has 0 amide bonds. The van der Waals surface area contributed by atoms with Gasteiger partial charge in [0.1, 0.15) is 18.1 Å². The molecule has 0 saturated carbocycles. The number of aromatic nitrogens is 3. The van der Waals surface area contributed by atoms with Gasteiger partial charge in [0.25, 0.3) is 5.56 Å². The molecule has 0 aliphatic carbocycles. The zero-order valence-electron chi connectivity index (χ0n) is 27.5. The summed E-state index contributed by atoms with van der Waals surface area (Å²) in [6.07, 6.45) is 4.98. The van der Waals surface area contributed by atoms with Crippen LogP contribution in [0.1, 0.15) is 48.3 Å². The lowest BCUT2D eigenvalue weighted by Crippen LogP contribution is -2.40. The molecule has 10 nitrogen and oxygen atoms in total. The third-order valence-electron chi connectivity index (χ3n) is 7.78. The Bertz CT molecular complexity index is 2250. The molecule has 3 aromatic carbocycles. The Morgan fingerprint density at radius 2 is 1.71 bits per heavy atom. The van der Waals surface area contributed by atoms with Gasteiger partial charge in [-0.1, -0.05) is 54.3 Å². The second-order valence-corrected chi connectivity index (χ2v) is 12.5. The van der Waals surface area contributed by atoms with Crippen molar-refractivity contribution in [3.05, 3.63) is 145 Å². The van der Waals surface area contributed by atoms with Crippen molar-refractivity contribution in [1.82, 2.24) is 14.3 Å². The molecule has 248 valence electrons. The standard InChI is InChI=1S/C38H34N4O6S/c1-6-20-47-30-18-16-25(17-19-30)33-28(22-41(40-33)29-10-8-7-9-11-29)21-31-35(43)42-34(26-12-14-27(15-13-26)36(44)46-5)32(37(45)48-23(2)3)24(4)39-38(42)49-31/h6-19,21-23,34H,1,20H2,2-5H3. The van der Waals surface area contributed by atoms with Gasteiger partial charge in [-0.05, 0) is 80.9 Å². The molecule has 2 aromatic heterocycles. The summed E-state index contributed by atoms with van der Waals surface area (Å²) in [6.45, 7) is 9.34. The van der Waals surface area contributed by atoms with Gasteiger partial charge in [0.05, 0.1) is 46.3 Å². The summed E-state index contributed by atoms with van der Waals surface area (Å²) in [4.78, 5) is 45.2. The number of hydrogen-bond donors (Lipinski definition) is 0. The molecule has 5 aromatic rings. The van der Waals surface area contributed by atoms with Gasteiger partial charge >= 0.3 is 11.9 Å². The Balaban J connectivity index is 1.51. The van der Waals surface area contributed by atoms with E-state index in [2.05, 4.69) is 6.58 Å². The Morgan fingerprint density at radius 3 is 2.37 bits per heavy atom. The van der Waals surface area contributed by atoms with Crippen LogP contribution in [-0.4, -0.2) is 46.1 Å². The van der Waals surface area contributed by atoms with Crippen LogP contribution in [-0.2, 0) is 14.3 Å². The number of fused-ring (bicyclic) bond motifs is 1. The molecule has 0 radical (unpaired) electrons. The van der Waals surface area contributed by atoms with Gasteiger partial charge in [-0.15, -0.1) is 0 Å². The van der Waals surface area contributed by atoms with Crippen LogP contribution < -0.4 is 19.6 Å². The van der Waals surface area contributed by atoms with Crippen LogP contribution in [0, 0.1) is 0 Å². The molecular weight excluding hydrogens is 641 g/mol. The number of ether oxygens (including phenoxy) is 3. The van der Waals surface area contributed by atoms with Crippen LogP contribution in [0.5, 0.6) is 5.75 Å². The summed E-state index contributed by atoms with van der Waals surface area (Å²) >= 11 is 1.22. The van der Waals surface area contributed by atoms with Gasteiger partial charge in [-0.25, -0.2) is 19.3 Å². The Labute approximate surface area is 286 Å². The highest BCUT2D eigenvalue weighted by Gasteiger charge is 2.34. The lowest BCUT2D eigenvalue weighted by Gasteiger charge is -2.25. The van der Waals surface area contributed by atoms with Crippen LogP contribution in [0.25, 0.3) is 23.0 Å². The average Bonchev–Trinajstić information content (AvgIpc) is 3.67. The third-order valence-corrected chi connectivity index (χ3v) is 8.76. The van der Waals surface area contributed by atoms with E-state index in [1.54, 1.807) is 61.9 Å². The Hall–Kier alpha value is -5.81. The molecular formula is C38H34N4O6S. The fourth-order valence-electron chi connectivity index (χ4n) is 5.53. The predicted octanol–water partition coefficient (Wildman–Crippen LogP) is 5.39. The zero-order chi connectivity index (χ0) is 34.7. The maximum Gasteiger partial charge on any atom is 0.338 e. The van der Waals surface area contributed by atoms with Crippen LogP contribution >= 0.6 is 11.3 Å². The first kappa shape index (κ1) is 33.1. The molecule has 1 aliphatic rings. The number of esters is 2. The van der Waals surface area contributed by atoms with Gasteiger partial charge < -0.3 is 14.2 Å². The summed E-state index contributed by atoms with van der Waals surface area (Å²) in [5.74, 6) is -0.366. The molecule has 0 N–H and O–H groups in total. The number of para-hydroxylation sites is 1.